The molecule has 0 aliphatic rings. The van der Waals surface area contributed by atoms with Gasteiger partial charge in [-0.05, 0) is 6.92 Å². The molecule has 1 atom stereocenters. The molecule has 1 heterocycles. The van der Waals surface area contributed by atoms with Crippen LogP contribution in [0.15, 0.2) is 5.38 Å². The molecule has 0 fully saturated rings. The van der Waals surface area contributed by atoms with Gasteiger partial charge in [0.2, 0.25) is 0 Å². The summed E-state index contributed by atoms with van der Waals surface area (Å²) in [7, 11) is -3.49. The monoisotopic (exact) mass is 250 g/mol. The van der Waals surface area contributed by atoms with E-state index in [1.54, 1.807) is 19.2 Å². The average Bonchev–Trinajstić information content (AvgIpc) is 2.51. The molecular weight excluding hydrogens is 236 g/mol. The highest BCUT2D eigenvalue weighted by molar-refractivity contribution is 7.91. The quantitative estimate of drug-likeness (QED) is 0.706. The summed E-state index contributed by atoms with van der Waals surface area (Å²) >= 11 is 1.21. The van der Waals surface area contributed by atoms with Gasteiger partial charge in [0, 0.05) is 18.0 Å². The van der Waals surface area contributed by atoms with E-state index in [4.69, 9.17) is 5.73 Å². The molecule has 0 aliphatic carbocycles. The fourth-order valence-electron chi connectivity index (χ4n) is 0.883. The lowest BCUT2D eigenvalue weighted by atomic mass is 10.3. The number of rotatable bonds is 5. The van der Waals surface area contributed by atoms with Gasteiger partial charge in [0.15, 0.2) is 5.13 Å². The number of nitrogens with one attached hydrogen (secondary N) is 2. The van der Waals surface area contributed by atoms with Gasteiger partial charge in [-0.25, -0.2) is 9.71 Å². The summed E-state index contributed by atoms with van der Waals surface area (Å²) in [6.07, 6.45) is 0. The molecule has 0 amide bonds. The van der Waals surface area contributed by atoms with Crippen LogP contribution in [-0.4, -0.2) is 19.9 Å². The Kier molecular flexibility index (Phi) is 4.03. The third-order valence-electron chi connectivity index (χ3n) is 1.54. The van der Waals surface area contributed by atoms with E-state index >= 15 is 0 Å². The van der Waals surface area contributed by atoms with Crippen LogP contribution < -0.4 is 15.2 Å². The highest BCUT2D eigenvalue weighted by Crippen LogP contribution is 2.19. The van der Waals surface area contributed by atoms with Crippen LogP contribution in [0.4, 0.5) is 5.13 Å². The summed E-state index contributed by atoms with van der Waals surface area (Å²) < 4.78 is 27.2. The van der Waals surface area contributed by atoms with Gasteiger partial charge in [0.05, 0.1) is 5.69 Å². The van der Waals surface area contributed by atoms with Crippen LogP contribution in [0.2, 0.25) is 0 Å². The summed E-state index contributed by atoms with van der Waals surface area (Å²) in [6.45, 7) is 3.83. The largest absolute Gasteiger partial charge is 0.323 e. The van der Waals surface area contributed by atoms with Crippen LogP contribution in [0, 0.1) is 0 Å². The Morgan fingerprint density at radius 1 is 1.67 bits per heavy atom. The minimum Gasteiger partial charge on any atom is -0.323 e. The van der Waals surface area contributed by atoms with Crippen molar-refractivity contribution in [2.75, 3.05) is 11.3 Å². The lowest BCUT2D eigenvalue weighted by molar-refractivity contribution is 0.589. The second kappa shape index (κ2) is 4.88. The predicted octanol–water partition coefficient (Wildman–Crippen LogP) is 0.429. The van der Waals surface area contributed by atoms with E-state index in [0.717, 1.165) is 0 Å². The summed E-state index contributed by atoms with van der Waals surface area (Å²) in [5, 5.41) is 2.05. The molecule has 0 saturated heterocycles. The molecule has 8 heteroatoms. The Morgan fingerprint density at radius 2 is 2.33 bits per heavy atom. The zero-order valence-electron chi connectivity index (χ0n) is 8.52. The van der Waals surface area contributed by atoms with Crippen LogP contribution in [-0.2, 0) is 10.2 Å². The number of nitrogens with zero attached hydrogens (tertiary/aromatic N) is 1. The van der Waals surface area contributed by atoms with Crippen LogP contribution in [0.25, 0.3) is 0 Å². The Labute approximate surface area is 93.1 Å². The Balaban J connectivity index is 2.73. The highest BCUT2D eigenvalue weighted by atomic mass is 32.2. The average molecular weight is 250 g/mol. The molecule has 1 unspecified atom stereocenters. The van der Waals surface area contributed by atoms with Crippen molar-refractivity contribution >= 4 is 26.7 Å². The van der Waals surface area contributed by atoms with Crippen molar-refractivity contribution in [2.45, 2.75) is 19.9 Å². The second-order valence-electron chi connectivity index (χ2n) is 2.97. The van der Waals surface area contributed by atoms with Crippen LogP contribution >= 0.6 is 11.3 Å². The SMILES string of the molecule is CCNS(=O)(=O)Nc1nc(C(C)N)cs1. The second-order valence-corrected chi connectivity index (χ2v) is 5.33. The number of anilines is 1. The first kappa shape index (κ1) is 12.4. The lowest BCUT2D eigenvalue weighted by Gasteiger charge is -2.04. The molecule has 15 heavy (non-hydrogen) atoms. The van der Waals surface area contributed by atoms with Crippen molar-refractivity contribution in [1.82, 2.24) is 9.71 Å². The van der Waals surface area contributed by atoms with Crippen LogP contribution in [0.1, 0.15) is 25.6 Å². The van der Waals surface area contributed by atoms with Crippen LogP contribution in [0.3, 0.4) is 0 Å². The molecular formula is C7H14N4O2S2. The Bertz CT molecular complexity index is 412. The number of aromatic nitrogens is 1. The van der Waals surface area contributed by atoms with E-state index in [1.165, 1.54) is 11.3 Å². The molecule has 0 saturated carbocycles. The van der Waals surface area contributed by atoms with Gasteiger partial charge in [0.25, 0.3) is 0 Å². The molecule has 4 N–H and O–H groups in total. The summed E-state index contributed by atoms with van der Waals surface area (Å²) in [5.74, 6) is 0. The molecule has 0 bridgehead atoms. The van der Waals surface area contributed by atoms with Gasteiger partial charge >= 0.3 is 10.2 Å². The molecule has 0 aliphatic heterocycles. The van der Waals surface area contributed by atoms with Gasteiger partial charge in [-0.2, -0.15) is 13.1 Å². The minimum absolute atomic E-state index is 0.196. The maximum absolute atomic E-state index is 11.3. The van der Waals surface area contributed by atoms with Crippen molar-refractivity contribution in [1.29, 1.82) is 0 Å². The van der Waals surface area contributed by atoms with Gasteiger partial charge in [-0.1, -0.05) is 6.92 Å². The number of hydrogen-bond acceptors (Lipinski definition) is 5. The fourth-order valence-corrected chi connectivity index (χ4v) is 2.79. The normalized spacial score (nSPS) is 13.8. The Hall–Kier alpha value is -0.700. The zero-order chi connectivity index (χ0) is 11.5. The highest BCUT2D eigenvalue weighted by Gasteiger charge is 2.12. The third kappa shape index (κ3) is 3.74. The van der Waals surface area contributed by atoms with Gasteiger partial charge < -0.3 is 5.73 Å². The molecule has 1 rings (SSSR count). The molecule has 1 aromatic heterocycles. The van der Waals surface area contributed by atoms with Gasteiger partial charge in [-0.15, -0.1) is 11.3 Å². The lowest BCUT2D eigenvalue weighted by Crippen LogP contribution is -2.29. The molecule has 1 aromatic rings. The van der Waals surface area contributed by atoms with Crippen molar-refractivity contribution in [2.24, 2.45) is 5.73 Å². The van der Waals surface area contributed by atoms with E-state index in [2.05, 4.69) is 14.4 Å². The number of nitrogens with two attached hydrogens (primary N) is 1. The van der Waals surface area contributed by atoms with E-state index < -0.39 is 10.2 Å². The first-order valence-electron chi connectivity index (χ1n) is 4.43. The van der Waals surface area contributed by atoms with Crippen molar-refractivity contribution < 1.29 is 8.42 Å². The third-order valence-corrected chi connectivity index (χ3v) is 3.58. The molecule has 0 spiro atoms. The van der Waals surface area contributed by atoms with Crippen LogP contribution in [0.5, 0.6) is 0 Å². The molecule has 86 valence electrons. The summed E-state index contributed by atoms with van der Waals surface area (Å²) in [4.78, 5) is 4.04. The first-order valence-corrected chi connectivity index (χ1v) is 6.79. The van der Waals surface area contributed by atoms with E-state index in [9.17, 15) is 8.42 Å². The molecule has 0 aromatic carbocycles. The first-order chi connectivity index (χ1) is 6.94. The summed E-state index contributed by atoms with van der Waals surface area (Å²) in [6, 6.07) is -0.196. The maximum atomic E-state index is 11.3. The smallest absolute Gasteiger partial charge is 0.300 e. The van der Waals surface area contributed by atoms with E-state index in [1.807, 2.05) is 0 Å². The molecule has 0 radical (unpaired) electrons. The van der Waals surface area contributed by atoms with E-state index in [0.29, 0.717) is 17.4 Å². The van der Waals surface area contributed by atoms with Crippen molar-refractivity contribution in [3.63, 3.8) is 0 Å². The predicted molar refractivity (Wildman–Crippen MR) is 60.9 cm³/mol. The maximum Gasteiger partial charge on any atom is 0.300 e. The van der Waals surface area contributed by atoms with Gasteiger partial charge in [-0.3, -0.25) is 0 Å². The topological polar surface area (TPSA) is 97.1 Å². The number of thiazole rings is 1. The van der Waals surface area contributed by atoms with Gasteiger partial charge in [0.1, 0.15) is 0 Å². The minimum atomic E-state index is -3.49. The zero-order valence-corrected chi connectivity index (χ0v) is 10.2. The standard InChI is InChI=1S/C7H14N4O2S2/c1-3-9-15(12,13)11-7-10-6(4-14-7)5(2)8/h4-5,9H,3,8H2,1-2H3,(H,10,11). The van der Waals surface area contributed by atoms with Crippen molar-refractivity contribution in [3.05, 3.63) is 11.1 Å². The molecule has 6 nitrogen and oxygen atoms in total. The Morgan fingerprint density at radius 3 is 2.80 bits per heavy atom. The van der Waals surface area contributed by atoms with Crippen molar-refractivity contribution in [3.8, 4) is 0 Å². The van der Waals surface area contributed by atoms with E-state index in [-0.39, 0.29) is 6.04 Å². The summed E-state index contributed by atoms with van der Waals surface area (Å²) in [5.41, 5.74) is 6.28. The number of hydrogen-bond donors (Lipinski definition) is 3. The fraction of sp³-hybridized carbons (Fsp3) is 0.571.